The largest absolute Gasteiger partial charge is 0.374 e. The first-order chi connectivity index (χ1) is 6.81. The maximum absolute atomic E-state index is 5.98. The standard InChI is InChI=1S/C9H9ClN2OS/c1-2-13-5-7-11-8(10)6-3-4-14-9(6)12-7/h3-4H,2,5H2,1H3. The predicted octanol–water partition coefficient (Wildman–Crippen LogP) is 2.88. The second-order valence-corrected chi connectivity index (χ2v) is 3.96. The van der Waals surface area contributed by atoms with Crippen molar-refractivity contribution in [3.63, 3.8) is 0 Å². The van der Waals surface area contributed by atoms with Gasteiger partial charge in [0.05, 0.1) is 0 Å². The van der Waals surface area contributed by atoms with Crippen molar-refractivity contribution in [2.45, 2.75) is 13.5 Å². The number of thiophene rings is 1. The molecule has 14 heavy (non-hydrogen) atoms. The van der Waals surface area contributed by atoms with Gasteiger partial charge in [0, 0.05) is 12.0 Å². The molecule has 2 aromatic rings. The number of halogens is 1. The third-order valence-corrected chi connectivity index (χ3v) is 2.85. The SMILES string of the molecule is CCOCc1nc(Cl)c2ccsc2n1. The molecule has 0 aliphatic heterocycles. The number of rotatable bonds is 3. The predicted molar refractivity (Wildman–Crippen MR) is 57.8 cm³/mol. The zero-order valence-electron chi connectivity index (χ0n) is 7.66. The van der Waals surface area contributed by atoms with Crippen molar-refractivity contribution in [1.82, 2.24) is 9.97 Å². The summed E-state index contributed by atoms with van der Waals surface area (Å²) in [6.45, 7) is 3.01. The number of fused-ring (bicyclic) bond motifs is 1. The van der Waals surface area contributed by atoms with Gasteiger partial charge in [0.25, 0.3) is 0 Å². The van der Waals surface area contributed by atoms with E-state index in [1.54, 1.807) is 11.3 Å². The van der Waals surface area contributed by atoms with E-state index in [1.807, 2.05) is 18.4 Å². The fourth-order valence-electron chi connectivity index (χ4n) is 1.12. The van der Waals surface area contributed by atoms with Gasteiger partial charge in [-0.25, -0.2) is 9.97 Å². The van der Waals surface area contributed by atoms with Crippen molar-refractivity contribution in [2.24, 2.45) is 0 Å². The van der Waals surface area contributed by atoms with Crippen molar-refractivity contribution in [3.05, 3.63) is 22.4 Å². The molecule has 0 bridgehead atoms. The van der Waals surface area contributed by atoms with Crippen molar-refractivity contribution in [3.8, 4) is 0 Å². The van der Waals surface area contributed by atoms with Gasteiger partial charge in [0.1, 0.15) is 16.6 Å². The summed E-state index contributed by atoms with van der Waals surface area (Å²) >= 11 is 7.54. The normalized spacial score (nSPS) is 11.0. The van der Waals surface area contributed by atoms with E-state index in [-0.39, 0.29) is 0 Å². The highest BCUT2D eigenvalue weighted by Crippen LogP contribution is 2.24. The molecule has 0 atom stereocenters. The lowest BCUT2D eigenvalue weighted by Crippen LogP contribution is -1.98. The summed E-state index contributed by atoms with van der Waals surface area (Å²) in [6.07, 6.45) is 0. The van der Waals surface area contributed by atoms with Gasteiger partial charge in [0.2, 0.25) is 0 Å². The van der Waals surface area contributed by atoms with E-state index < -0.39 is 0 Å². The Morgan fingerprint density at radius 1 is 1.50 bits per heavy atom. The molecule has 0 saturated carbocycles. The molecule has 0 unspecified atom stereocenters. The fraction of sp³-hybridized carbons (Fsp3) is 0.333. The van der Waals surface area contributed by atoms with Gasteiger partial charge in [-0.1, -0.05) is 11.6 Å². The zero-order valence-corrected chi connectivity index (χ0v) is 9.23. The molecule has 0 aliphatic rings. The molecular formula is C9H9ClN2OS. The third-order valence-electron chi connectivity index (χ3n) is 1.76. The highest BCUT2D eigenvalue weighted by Gasteiger charge is 2.06. The molecule has 2 aromatic heterocycles. The van der Waals surface area contributed by atoms with E-state index in [2.05, 4.69) is 9.97 Å². The highest BCUT2D eigenvalue weighted by molar-refractivity contribution is 7.16. The number of hydrogen-bond donors (Lipinski definition) is 0. The van der Waals surface area contributed by atoms with Crippen LogP contribution in [0, 0.1) is 0 Å². The molecule has 0 aromatic carbocycles. The molecular weight excluding hydrogens is 220 g/mol. The summed E-state index contributed by atoms with van der Waals surface area (Å²) in [5, 5.41) is 3.37. The minimum atomic E-state index is 0.421. The summed E-state index contributed by atoms with van der Waals surface area (Å²) in [4.78, 5) is 9.39. The van der Waals surface area contributed by atoms with Crippen LogP contribution in [0.4, 0.5) is 0 Å². The van der Waals surface area contributed by atoms with Crippen LogP contribution in [0.25, 0.3) is 10.2 Å². The van der Waals surface area contributed by atoms with E-state index >= 15 is 0 Å². The van der Waals surface area contributed by atoms with Gasteiger partial charge in [-0.05, 0) is 18.4 Å². The Hall–Kier alpha value is -0.710. The molecule has 3 nitrogen and oxygen atoms in total. The number of ether oxygens (including phenoxy) is 1. The Labute approximate surface area is 90.7 Å². The first-order valence-electron chi connectivity index (χ1n) is 4.28. The zero-order chi connectivity index (χ0) is 9.97. The van der Waals surface area contributed by atoms with Crippen LogP contribution in [0.5, 0.6) is 0 Å². The molecule has 0 radical (unpaired) electrons. The average Bonchev–Trinajstić information content (AvgIpc) is 2.63. The van der Waals surface area contributed by atoms with Crippen LogP contribution in [0.3, 0.4) is 0 Å². The molecule has 0 saturated heterocycles. The minimum absolute atomic E-state index is 0.421. The Balaban J connectivity index is 2.38. The first-order valence-corrected chi connectivity index (χ1v) is 5.54. The van der Waals surface area contributed by atoms with Gasteiger partial charge < -0.3 is 4.74 Å². The smallest absolute Gasteiger partial charge is 0.157 e. The van der Waals surface area contributed by atoms with E-state index in [0.29, 0.717) is 24.2 Å². The Bertz CT molecular complexity index is 443. The molecule has 2 rings (SSSR count). The average molecular weight is 229 g/mol. The fourth-order valence-corrected chi connectivity index (χ4v) is 2.21. The van der Waals surface area contributed by atoms with E-state index in [4.69, 9.17) is 16.3 Å². The monoisotopic (exact) mass is 228 g/mol. The van der Waals surface area contributed by atoms with Crippen LogP contribution in [0.15, 0.2) is 11.4 Å². The Kier molecular flexibility index (Phi) is 2.96. The topological polar surface area (TPSA) is 35.0 Å². The summed E-state index contributed by atoms with van der Waals surface area (Å²) in [7, 11) is 0. The number of nitrogens with zero attached hydrogens (tertiary/aromatic N) is 2. The van der Waals surface area contributed by atoms with Crippen LogP contribution < -0.4 is 0 Å². The van der Waals surface area contributed by atoms with Crippen LogP contribution in [0.1, 0.15) is 12.7 Å². The lowest BCUT2D eigenvalue weighted by Gasteiger charge is -2.00. The third kappa shape index (κ3) is 1.87. The first kappa shape index (κ1) is 9.83. The summed E-state index contributed by atoms with van der Waals surface area (Å²) in [5.74, 6) is 0.645. The van der Waals surface area contributed by atoms with E-state index in [9.17, 15) is 0 Å². The number of hydrogen-bond acceptors (Lipinski definition) is 4. The van der Waals surface area contributed by atoms with Gasteiger partial charge >= 0.3 is 0 Å². The summed E-state index contributed by atoms with van der Waals surface area (Å²) < 4.78 is 5.22. The van der Waals surface area contributed by atoms with Crippen LogP contribution in [0.2, 0.25) is 5.15 Å². The maximum Gasteiger partial charge on any atom is 0.157 e. The molecule has 0 spiro atoms. The van der Waals surface area contributed by atoms with Gasteiger partial charge in [-0.2, -0.15) is 0 Å². The second kappa shape index (κ2) is 4.21. The Morgan fingerprint density at radius 3 is 3.14 bits per heavy atom. The maximum atomic E-state index is 5.98. The number of aromatic nitrogens is 2. The molecule has 0 amide bonds. The van der Waals surface area contributed by atoms with Crippen LogP contribution >= 0.6 is 22.9 Å². The highest BCUT2D eigenvalue weighted by atomic mass is 35.5. The molecule has 0 fully saturated rings. The van der Waals surface area contributed by atoms with E-state index in [0.717, 1.165) is 10.2 Å². The lowest BCUT2D eigenvalue weighted by atomic mass is 10.4. The molecule has 5 heteroatoms. The summed E-state index contributed by atoms with van der Waals surface area (Å²) in [5.41, 5.74) is 0. The van der Waals surface area contributed by atoms with Gasteiger partial charge in [-0.15, -0.1) is 11.3 Å². The second-order valence-electron chi connectivity index (χ2n) is 2.71. The molecule has 2 heterocycles. The molecule has 74 valence electrons. The minimum Gasteiger partial charge on any atom is -0.374 e. The van der Waals surface area contributed by atoms with E-state index in [1.165, 1.54) is 0 Å². The van der Waals surface area contributed by atoms with Crippen molar-refractivity contribution >= 4 is 33.2 Å². The van der Waals surface area contributed by atoms with Crippen LogP contribution in [-0.4, -0.2) is 16.6 Å². The van der Waals surface area contributed by atoms with Crippen molar-refractivity contribution < 1.29 is 4.74 Å². The van der Waals surface area contributed by atoms with Gasteiger partial charge in [-0.3, -0.25) is 0 Å². The van der Waals surface area contributed by atoms with Gasteiger partial charge in [0.15, 0.2) is 5.82 Å². The molecule has 0 aliphatic carbocycles. The Morgan fingerprint density at radius 2 is 2.36 bits per heavy atom. The molecule has 0 N–H and O–H groups in total. The lowest BCUT2D eigenvalue weighted by molar-refractivity contribution is 0.128. The summed E-state index contributed by atoms with van der Waals surface area (Å²) in [6, 6.07) is 1.92. The quantitative estimate of drug-likeness (QED) is 0.758. The van der Waals surface area contributed by atoms with Crippen molar-refractivity contribution in [2.75, 3.05) is 6.61 Å². The van der Waals surface area contributed by atoms with Crippen molar-refractivity contribution in [1.29, 1.82) is 0 Å². The van der Waals surface area contributed by atoms with Crippen LogP contribution in [-0.2, 0) is 11.3 Å².